The molecule has 0 bridgehead atoms. The zero-order valence-electron chi connectivity index (χ0n) is 14.7. The number of rotatable bonds is 6. The number of hydrazone groups is 1. The van der Waals surface area contributed by atoms with Crippen LogP contribution in [0.5, 0.6) is 11.5 Å². The Hall–Kier alpha value is -3.55. The van der Waals surface area contributed by atoms with Crippen molar-refractivity contribution in [2.24, 2.45) is 12.1 Å². The topological polar surface area (TPSA) is 93.5 Å². The Morgan fingerprint density at radius 1 is 1.27 bits per heavy atom. The third-order valence-corrected chi connectivity index (χ3v) is 3.84. The number of aromatic nitrogens is 3. The van der Waals surface area contributed by atoms with Gasteiger partial charge in [0.05, 0.1) is 26.1 Å². The van der Waals surface area contributed by atoms with Crippen LogP contribution in [-0.2, 0) is 7.05 Å². The second-order valence-corrected chi connectivity index (χ2v) is 5.48. The van der Waals surface area contributed by atoms with Crippen molar-refractivity contribution in [3.8, 4) is 22.9 Å². The number of hydrogen-bond donors (Lipinski definition) is 2. The third kappa shape index (κ3) is 3.59. The lowest BCUT2D eigenvalue weighted by Crippen LogP contribution is -2.18. The summed E-state index contributed by atoms with van der Waals surface area (Å²) in [6.07, 6.45) is 3.41. The van der Waals surface area contributed by atoms with Crippen LogP contribution in [0.4, 0.5) is 0 Å². The minimum atomic E-state index is -0.393. The molecule has 0 aliphatic carbocycles. The van der Waals surface area contributed by atoms with E-state index in [0.29, 0.717) is 28.5 Å². The summed E-state index contributed by atoms with van der Waals surface area (Å²) < 4.78 is 12.4. The largest absolute Gasteiger partial charge is 0.497 e. The molecule has 2 N–H and O–H groups in total. The number of aryl methyl sites for hydroxylation is 1. The van der Waals surface area contributed by atoms with Gasteiger partial charge >= 0.3 is 0 Å². The number of benzene rings is 1. The first-order valence-corrected chi connectivity index (χ1v) is 7.85. The van der Waals surface area contributed by atoms with Gasteiger partial charge in [0.1, 0.15) is 22.9 Å². The van der Waals surface area contributed by atoms with E-state index in [0.717, 1.165) is 5.69 Å². The molecular formula is C18H19N5O3. The molecule has 1 amide bonds. The smallest absolute Gasteiger partial charge is 0.289 e. The molecular weight excluding hydrogens is 334 g/mol. The van der Waals surface area contributed by atoms with Crippen LogP contribution >= 0.6 is 0 Å². The number of nitrogens with one attached hydrogen (secondary N) is 2. The van der Waals surface area contributed by atoms with Gasteiger partial charge in [0.2, 0.25) is 0 Å². The summed E-state index contributed by atoms with van der Waals surface area (Å²) in [5, 5.41) is 10.9. The highest BCUT2D eigenvalue weighted by atomic mass is 16.5. The van der Waals surface area contributed by atoms with Gasteiger partial charge in [-0.25, -0.2) is 5.43 Å². The quantitative estimate of drug-likeness (QED) is 0.525. The lowest BCUT2D eigenvalue weighted by molar-refractivity contribution is 0.0950. The molecule has 0 atom stereocenters. The monoisotopic (exact) mass is 353 g/mol. The number of carbonyl (C=O) groups is 1. The normalized spacial score (nSPS) is 10.9. The van der Waals surface area contributed by atoms with Crippen LogP contribution in [0.2, 0.25) is 0 Å². The van der Waals surface area contributed by atoms with Gasteiger partial charge in [0, 0.05) is 18.8 Å². The minimum Gasteiger partial charge on any atom is -0.497 e. The average Bonchev–Trinajstić information content (AvgIpc) is 3.30. The number of ether oxygens (including phenoxy) is 2. The second-order valence-electron chi connectivity index (χ2n) is 5.48. The van der Waals surface area contributed by atoms with Gasteiger partial charge in [-0.2, -0.15) is 10.2 Å². The van der Waals surface area contributed by atoms with Crippen molar-refractivity contribution in [3.63, 3.8) is 0 Å². The summed E-state index contributed by atoms with van der Waals surface area (Å²) in [6.45, 7) is 0. The lowest BCUT2D eigenvalue weighted by Gasteiger charge is -2.06. The van der Waals surface area contributed by atoms with Crippen molar-refractivity contribution in [2.45, 2.75) is 0 Å². The second kappa shape index (κ2) is 7.56. The molecule has 0 unspecified atom stereocenters. The van der Waals surface area contributed by atoms with E-state index in [4.69, 9.17) is 9.47 Å². The number of carbonyl (C=O) groups excluding carboxylic acids is 1. The minimum absolute atomic E-state index is 0.316. The third-order valence-electron chi connectivity index (χ3n) is 3.84. The van der Waals surface area contributed by atoms with Crippen LogP contribution in [0, 0.1) is 0 Å². The summed E-state index contributed by atoms with van der Waals surface area (Å²) in [6, 6.07) is 10.8. The van der Waals surface area contributed by atoms with Gasteiger partial charge in [0.25, 0.3) is 5.91 Å². The standard InChI is InChI=1S/C18H19N5O3/c1-23-8-4-5-16(23)14-10-15(21-20-14)18(24)22-19-11-12-9-13(25-2)6-7-17(12)26-3/h4-11H,1-3H3,(H,20,21)(H,22,24)/b19-11+. The van der Waals surface area contributed by atoms with Crippen LogP contribution < -0.4 is 14.9 Å². The number of H-pyrrole nitrogens is 1. The number of methoxy groups -OCH3 is 2. The zero-order valence-corrected chi connectivity index (χ0v) is 14.7. The van der Waals surface area contributed by atoms with E-state index in [9.17, 15) is 4.79 Å². The van der Waals surface area contributed by atoms with Crippen molar-refractivity contribution < 1.29 is 14.3 Å². The number of nitrogens with zero attached hydrogens (tertiary/aromatic N) is 3. The van der Waals surface area contributed by atoms with Gasteiger partial charge < -0.3 is 14.0 Å². The molecule has 0 saturated carbocycles. The molecule has 0 spiro atoms. The van der Waals surface area contributed by atoms with Crippen molar-refractivity contribution in [2.75, 3.05) is 14.2 Å². The maximum Gasteiger partial charge on any atom is 0.289 e. The van der Waals surface area contributed by atoms with E-state index in [-0.39, 0.29) is 0 Å². The fourth-order valence-corrected chi connectivity index (χ4v) is 2.46. The van der Waals surface area contributed by atoms with Gasteiger partial charge in [0.15, 0.2) is 0 Å². The number of hydrogen-bond acceptors (Lipinski definition) is 5. The summed E-state index contributed by atoms with van der Waals surface area (Å²) in [7, 11) is 5.05. The lowest BCUT2D eigenvalue weighted by atomic mass is 10.2. The Morgan fingerprint density at radius 2 is 2.12 bits per heavy atom. The summed E-state index contributed by atoms with van der Waals surface area (Å²) in [5.74, 6) is 0.895. The van der Waals surface area contributed by atoms with E-state index in [1.165, 1.54) is 6.21 Å². The van der Waals surface area contributed by atoms with Crippen LogP contribution in [0.25, 0.3) is 11.4 Å². The van der Waals surface area contributed by atoms with E-state index in [1.54, 1.807) is 38.5 Å². The Balaban J connectivity index is 1.70. The molecule has 8 heteroatoms. The Labute approximate surface area is 150 Å². The molecule has 1 aromatic carbocycles. The van der Waals surface area contributed by atoms with E-state index in [1.807, 2.05) is 29.9 Å². The van der Waals surface area contributed by atoms with Gasteiger partial charge in [-0.15, -0.1) is 0 Å². The molecule has 0 saturated heterocycles. The summed E-state index contributed by atoms with van der Waals surface area (Å²) in [4.78, 5) is 12.2. The first kappa shape index (κ1) is 17.3. The van der Waals surface area contributed by atoms with E-state index in [2.05, 4.69) is 20.7 Å². The first-order chi connectivity index (χ1) is 12.6. The van der Waals surface area contributed by atoms with Crippen molar-refractivity contribution in [3.05, 3.63) is 53.9 Å². The fourth-order valence-electron chi connectivity index (χ4n) is 2.46. The summed E-state index contributed by atoms with van der Waals surface area (Å²) in [5.41, 5.74) is 5.05. The highest BCUT2D eigenvalue weighted by molar-refractivity contribution is 5.94. The Bertz CT molecular complexity index is 942. The van der Waals surface area contributed by atoms with Gasteiger partial charge in [-0.3, -0.25) is 9.89 Å². The Morgan fingerprint density at radius 3 is 2.81 bits per heavy atom. The zero-order chi connectivity index (χ0) is 18.5. The Kier molecular flexibility index (Phi) is 5.02. The molecule has 26 heavy (non-hydrogen) atoms. The summed E-state index contributed by atoms with van der Waals surface area (Å²) >= 11 is 0. The highest BCUT2D eigenvalue weighted by Gasteiger charge is 2.12. The average molecular weight is 353 g/mol. The molecule has 3 aromatic rings. The molecule has 134 valence electrons. The number of amides is 1. The van der Waals surface area contributed by atoms with Crippen LogP contribution in [0.3, 0.4) is 0 Å². The molecule has 0 fully saturated rings. The van der Waals surface area contributed by atoms with Crippen LogP contribution in [0.15, 0.2) is 47.7 Å². The van der Waals surface area contributed by atoms with Crippen molar-refractivity contribution in [1.82, 2.24) is 20.2 Å². The van der Waals surface area contributed by atoms with Gasteiger partial charge in [-0.1, -0.05) is 0 Å². The molecule has 3 rings (SSSR count). The highest BCUT2D eigenvalue weighted by Crippen LogP contribution is 2.22. The maximum atomic E-state index is 12.2. The maximum absolute atomic E-state index is 12.2. The molecule has 0 aliphatic heterocycles. The van der Waals surface area contributed by atoms with Crippen molar-refractivity contribution >= 4 is 12.1 Å². The van der Waals surface area contributed by atoms with Crippen LogP contribution in [-0.4, -0.2) is 41.1 Å². The first-order valence-electron chi connectivity index (χ1n) is 7.85. The molecule has 2 aromatic heterocycles. The fraction of sp³-hybridized carbons (Fsp3) is 0.167. The molecule has 8 nitrogen and oxygen atoms in total. The molecule has 0 radical (unpaired) electrons. The van der Waals surface area contributed by atoms with Crippen LogP contribution in [0.1, 0.15) is 16.1 Å². The SMILES string of the molecule is COc1ccc(OC)c(/C=N/NC(=O)c2cc(-c3cccn3C)n[nH]2)c1. The molecule has 2 heterocycles. The van der Waals surface area contributed by atoms with E-state index < -0.39 is 5.91 Å². The molecule has 0 aliphatic rings. The predicted molar refractivity (Wildman–Crippen MR) is 97.6 cm³/mol. The number of aromatic amines is 1. The van der Waals surface area contributed by atoms with E-state index >= 15 is 0 Å². The predicted octanol–water partition coefficient (Wildman–Crippen LogP) is 2.20. The van der Waals surface area contributed by atoms with Crippen molar-refractivity contribution in [1.29, 1.82) is 0 Å². The van der Waals surface area contributed by atoms with Gasteiger partial charge in [-0.05, 0) is 36.4 Å².